The van der Waals surface area contributed by atoms with E-state index in [9.17, 15) is 0 Å². The number of halogens is 1. The summed E-state index contributed by atoms with van der Waals surface area (Å²) in [6.07, 6.45) is 12.5. The number of morpholine rings is 1. The summed E-state index contributed by atoms with van der Waals surface area (Å²) in [7, 11) is 1.65. The Hall–Kier alpha value is -3.85. The van der Waals surface area contributed by atoms with E-state index in [1.54, 1.807) is 36.6 Å². The molecule has 240 valence electrons. The minimum absolute atomic E-state index is 0.207. The van der Waals surface area contributed by atoms with Gasteiger partial charge < -0.3 is 24.3 Å². The van der Waals surface area contributed by atoms with Crippen LogP contribution in [0.15, 0.2) is 43.1 Å². The first-order valence-corrected chi connectivity index (χ1v) is 15.7. The third-order valence-corrected chi connectivity index (χ3v) is 8.53. The van der Waals surface area contributed by atoms with Gasteiger partial charge in [0.05, 0.1) is 37.6 Å². The van der Waals surface area contributed by atoms with E-state index >= 15 is 0 Å². The smallest absolute Gasteiger partial charge is 0.257 e. The minimum Gasteiger partial charge on any atom is -0.487 e. The molecule has 1 N–H and O–H groups in total. The van der Waals surface area contributed by atoms with Gasteiger partial charge in [0, 0.05) is 38.2 Å². The number of ether oxygens (including phenoxy) is 4. The van der Waals surface area contributed by atoms with Gasteiger partial charge in [-0.15, -0.1) is 10.2 Å². The van der Waals surface area contributed by atoms with Crippen molar-refractivity contribution in [3.63, 3.8) is 0 Å². The normalized spacial score (nSPS) is 17.6. The first-order chi connectivity index (χ1) is 22.0. The first-order valence-electron chi connectivity index (χ1n) is 15.4. The van der Waals surface area contributed by atoms with Crippen LogP contribution in [0.4, 0.5) is 11.6 Å². The number of nitrogens with one attached hydrogen (secondary N) is 1. The maximum absolute atomic E-state index is 6.45. The molecule has 1 aromatic carbocycles. The van der Waals surface area contributed by atoms with Crippen molar-refractivity contribution in [1.82, 2.24) is 44.9 Å². The zero-order valence-corrected chi connectivity index (χ0v) is 26.4. The Morgan fingerprint density at radius 2 is 1.87 bits per heavy atom. The van der Waals surface area contributed by atoms with E-state index in [2.05, 4.69) is 40.4 Å². The maximum atomic E-state index is 6.45. The Bertz CT molecular complexity index is 1510. The second-order valence-electron chi connectivity index (χ2n) is 11.3. The predicted molar refractivity (Wildman–Crippen MR) is 167 cm³/mol. The standard InChI is InChI=1S/C30H39ClN10O4/c1-22(19-40-21-34-37-38-40)45-27-16-23(6-7-25(27)31)24-17-32-29(33-18-24)35-26-20-41(36-28(26)44-15-14-42-2)30(8-4-3-5-9-30)39-10-12-43-13-11-39/h6-7,16-18,20-22H,3-5,8-15,19H2,1-2H3,(H,32,33,35). The van der Waals surface area contributed by atoms with Gasteiger partial charge in [-0.1, -0.05) is 24.1 Å². The summed E-state index contributed by atoms with van der Waals surface area (Å²) in [6.45, 7) is 6.46. The lowest BCUT2D eigenvalue weighted by atomic mass is 9.87. The van der Waals surface area contributed by atoms with E-state index in [0.29, 0.717) is 48.0 Å². The lowest BCUT2D eigenvalue weighted by Crippen LogP contribution is -2.56. The van der Waals surface area contributed by atoms with E-state index in [-0.39, 0.29) is 11.8 Å². The molecule has 45 heavy (non-hydrogen) atoms. The van der Waals surface area contributed by atoms with Crippen molar-refractivity contribution in [3.8, 4) is 22.8 Å². The zero-order chi connectivity index (χ0) is 31.1. The van der Waals surface area contributed by atoms with Crippen LogP contribution in [0.2, 0.25) is 5.02 Å². The third-order valence-electron chi connectivity index (χ3n) is 8.21. The number of hydrogen-bond acceptors (Lipinski definition) is 12. The maximum Gasteiger partial charge on any atom is 0.257 e. The summed E-state index contributed by atoms with van der Waals surface area (Å²) in [5, 5.41) is 20.0. The monoisotopic (exact) mass is 638 g/mol. The van der Waals surface area contributed by atoms with Crippen LogP contribution < -0.4 is 14.8 Å². The predicted octanol–water partition coefficient (Wildman–Crippen LogP) is 4.17. The number of methoxy groups -OCH3 is 1. The molecule has 1 aliphatic heterocycles. The van der Waals surface area contributed by atoms with Crippen LogP contribution in [-0.2, 0) is 21.7 Å². The minimum atomic E-state index is -0.218. The molecule has 1 unspecified atom stereocenters. The van der Waals surface area contributed by atoms with Gasteiger partial charge in [-0.2, -0.15) is 0 Å². The van der Waals surface area contributed by atoms with Crippen LogP contribution >= 0.6 is 11.6 Å². The fourth-order valence-corrected chi connectivity index (χ4v) is 6.15. The first kappa shape index (κ1) is 31.1. The van der Waals surface area contributed by atoms with Crippen molar-refractivity contribution >= 4 is 23.2 Å². The fraction of sp³-hybridized carbons (Fsp3) is 0.533. The summed E-state index contributed by atoms with van der Waals surface area (Å²) in [4.78, 5) is 11.7. The van der Waals surface area contributed by atoms with Crippen LogP contribution in [0.5, 0.6) is 11.6 Å². The number of benzene rings is 1. The second-order valence-corrected chi connectivity index (χ2v) is 11.7. The molecule has 0 bridgehead atoms. The van der Waals surface area contributed by atoms with Crippen LogP contribution in [0.25, 0.3) is 11.1 Å². The molecule has 1 saturated carbocycles. The summed E-state index contributed by atoms with van der Waals surface area (Å²) in [5.41, 5.74) is 2.17. The van der Waals surface area contributed by atoms with E-state index in [0.717, 1.165) is 63.1 Å². The molecule has 14 nitrogen and oxygen atoms in total. The van der Waals surface area contributed by atoms with E-state index in [1.165, 1.54) is 6.42 Å². The molecule has 0 radical (unpaired) electrons. The van der Waals surface area contributed by atoms with Gasteiger partial charge in [0.2, 0.25) is 5.95 Å². The van der Waals surface area contributed by atoms with Gasteiger partial charge in [0.25, 0.3) is 5.88 Å². The molecule has 15 heteroatoms. The van der Waals surface area contributed by atoms with E-state index in [1.807, 2.05) is 25.3 Å². The van der Waals surface area contributed by atoms with Crippen molar-refractivity contribution in [2.75, 3.05) is 51.9 Å². The molecule has 0 spiro atoms. The van der Waals surface area contributed by atoms with Gasteiger partial charge >= 0.3 is 0 Å². The molecular weight excluding hydrogens is 600 g/mol. The number of tetrazole rings is 1. The van der Waals surface area contributed by atoms with E-state index in [4.69, 9.17) is 35.6 Å². The van der Waals surface area contributed by atoms with Gasteiger partial charge in [-0.3, -0.25) is 4.90 Å². The summed E-state index contributed by atoms with van der Waals surface area (Å²) >= 11 is 6.45. The molecule has 1 atom stereocenters. The lowest BCUT2D eigenvalue weighted by Gasteiger charge is -2.47. The molecule has 2 aliphatic rings. The highest BCUT2D eigenvalue weighted by atomic mass is 35.5. The number of hydrogen-bond donors (Lipinski definition) is 1. The van der Waals surface area contributed by atoms with Crippen LogP contribution in [0.3, 0.4) is 0 Å². The highest BCUT2D eigenvalue weighted by Crippen LogP contribution is 2.41. The molecule has 3 aromatic heterocycles. The Labute approximate surface area is 267 Å². The largest absolute Gasteiger partial charge is 0.487 e. The van der Waals surface area contributed by atoms with Crippen molar-refractivity contribution < 1.29 is 18.9 Å². The molecule has 0 amide bonds. The van der Waals surface area contributed by atoms with E-state index < -0.39 is 0 Å². The SMILES string of the molecule is COCCOc1nn(C2(N3CCOCC3)CCCCC2)cc1Nc1ncc(-c2ccc(Cl)c(OC(C)Cn3cnnn3)c2)cn1. The number of aromatic nitrogens is 8. The Kier molecular flexibility index (Phi) is 10.0. The molecule has 1 saturated heterocycles. The zero-order valence-electron chi connectivity index (χ0n) is 25.6. The fourth-order valence-electron chi connectivity index (χ4n) is 5.99. The summed E-state index contributed by atoms with van der Waals surface area (Å²) < 4.78 is 26.8. The number of nitrogens with zero attached hydrogens (tertiary/aromatic N) is 9. The van der Waals surface area contributed by atoms with Crippen molar-refractivity contribution in [1.29, 1.82) is 0 Å². The molecular formula is C30H39ClN10O4. The van der Waals surface area contributed by atoms with Crippen LogP contribution in [-0.4, -0.2) is 97.6 Å². The van der Waals surface area contributed by atoms with Gasteiger partial charge in [0.1, 0.15) is 36.1 Å². The highest BCUT2D eigenvalue weighted by Gasteiger charge is 2.42. The Balaban J connectivity index is 1.21. The average Bonchev–Trinajstić information content (AvgIpc) is 3.74. The summed E-state index contributed by atoms with van der Waals surface area (Å²) in [5.74, 6) is 1.48. The number of rotatable bonds is 13. The molecule has 6 rings (SSSR count). The van der Waals surface area contributed by atoms with Crippen molar-refractivity contribution in [3.05, 3.63) is 48.1 Å². The number of anilines is 2. The average molecular weight is 639 g/mol. The van der Waals surface area contributed by atoms with Crippen LogP contribution in [0, 0.1) is 0 Å². The summed E-state index contributed by atoms with van der Waals surface area (Å²) in [6, 6.07) is 5.59. The molecule has 4 heterocycles. The quantitative estimate of drug-likeness (QED) is 0.210. The van der Waals surface area contributed by atoms with Gasteiger partial charge in [-0.25, -0.2) is 19.3 Å². The van der Waals surface area contributed by atoms with Gasteiger partial charge in [0.15, 0.2) is 0 Å². The van der Waals surface area contributed by atoms with Gasteiger partial charge in [-0.05, 0) is 60.7 Å². The van der Waals surface area contributed by atoms with Crippen LogP contribution in [0.1, 0.15) is 39.0 Å². The highest BCUT2D eigenvalue weighted by molar-refractivity contribution is 6.32. The van der Waals surface area contributed by atoms with Crippen molar-refractivity contribution in [2.24, 2.45) is 0 Å². The van der Waals surface area contributed by atoms with Crippen molar-refractivity contribution in [2.45, 2.75) is 57.3 Å². The Morgan fingerprint density at radius 1 is 1.07 bits per heavy atom. The topological polar surface area (TPSA) is 139 Å². The lowest BCUT2D eigenvalue weighted by molar-refractivity contribution is -0.0836. The second kappa shape index (κ2) is 14.5. The molecule has 2 fully saturated rings. The molecule has 4 aromatic rings. The third kappa shape index (κ3) is 7.35. The molecule has 1 aliphatic carbocycles. The Morgan fingerprint density at radius 3 is 2.60 bits per heavy atom.